The van der Waals surface area contributed by atoms with Crippen LogP contribution in [0.25, 0.3) is 0 Å². The summed E-state index contributed by atoms with van der Waals surface area (Å²) in [5.41, 5.74) is 1.23. The molecule has 17 heavy (non-hydrogen) atoms. The molecule has 0 heterocycles. The molecule has 2 bridgehead atoms. The topological polar surface area (TPSA) is 12.0 Å². The van der Waals surface area contributed by atoms with Gasteiger partial charge in [-0.25, -0.2) is 0 Å². The number of hydrogen-bond donors (Lipinski definition) is 1. The minimum atomic E-state index is 0.819. The van der Waals surface area contributed by atoms with Crippen molar-refractivity contribution < 1.29 is 0 Å². The lowest BCUT2D eigenvalue weighted by molar-refractivity contribution is 0.348. The zero-order valence-electron chi connectivity index (χ0n) is 9.76. The van der Waals surface area contributed by atoms with Crippen LogP contribution < -0.4 is 5.32 Å². The van der Waals surface area contributed by atoms with E-state index in [-0.39, 0.29) is 0 Å². The van der Waals surface area contributed by atoms with E-state index in [0.717, 1.165) is 29.3 Å². The van der Waals surface area contributed by atoms with Gasteiger partial charge in [-0.3, -0.25) is 0 Å². The lowest BCUT2D eigenvalue weighted by Gasteiger charge is -2.22. The van der Waals surface area contributed by atoms with E-state index in [1.165, 1.54) is 34.9 Å². The first-order valence-electron chi connectivity index (χ1n) is 6.41. The Morgan fingerprint density at radius 2 is 2.18 bits per heavy atom. The van der Waals surface area contributed by atoms with Gasteiger partial charge in [0.25, 0.3) is 0 Å². The molecule has 0 aliphatic heterocycles. The zero-order chi connectivity index (χ0) is 11.8. The Kier molecular flexibility index (Phi) is 3.53. The van der Waals surface area contributed by atoms with E-state index in [2.05, 4.69) is 34.0 Å². The van der Waals surface area contributed by atoms with Gasteiger partial charge in [0.1, 0.15) is 0 Å². The van der Waals surface area contributed by atoms with Gasteiger partial charge in [0.05, 0.1) is 0 Å². The smallest absolute Gasteiger partial charge is 0.0477 e. The van der Waals surface area contributed by atoms with E-state index in [1.807, 2.05) is 12.1 Å². The number of anilines is 1. The summed E-state index contributed by atoms with van der Waals surface area (Å²) < 4.78 is 1.22. The predicted molar refractivity (Wildman–Crippen MR) is 81.6 cm³/mol. The monoisotopic (exact) mass is 361 g/mol. The van der Waals surface area contributed by atoms with Crippen molar-refractivity contribution in [3.63, 3.8) is 0 Å². The number of hydrogen-bond acceptors (Lipinski definition) is 1. The number of halogens is 2. The Hall–Kier alpha value is 0.0400. The maximum absolute atomic E-state index is 5.96. The fourth-order valence-electron chi connectivity index (χ4n) is 3.50. The first-order chi connectivity index (χ1) is 8.22. The number of benzene rings is 1. The van der Waals surface area contributed by atoms with Crippen LogP contribution in [0.1, 0.15) is 25.7 Å². The quantitative estimate of drug-likeness (QED) is 0.763. The van der Waals surface area contributed by atoms with E-state index in [0.29, 0.717) is 0 Å². The highest BCUT2D eigenvalue weighted by atomic mass is 127. The van der Waals surface area contributed by atoms with Crippen molar-refractivity contribution in [1.29, 1.82) is 0 Å². The van der Waals surface area contributed by atoms with Crippen molar-refractivity contribution >= 4 is 39.9 Å². The SMILES string of the molecule is Clc1ccc(NCC2CC3CCC2C3)c(I)c1. The van der Waals surface area contributed by atoms with Gasteiger partial charge >= 0.3 is 0 Å². The van der Waals surface area contributed by atoms with E-state index >= 15 is 0 Å². The maximum atomic E-state index is 5.96. The summed E-state index contributed by atoms with van der Waals surface area (Å²) in [5, 5.41) is 4.42. The Bertz CT molecular complexity index is 421. The molecule has 3 atom stereocenters. The second-order valence-corrected chi connectivity index (χ2v) is 7.04. The standard InChI is InChI=1S/C14H17ClIN/c15-12-3-4-14(13(16)7-12)17-8-11-6-9-1-2-10(11)5-9/h3-4,7,9-11,17H,1-2,5-6,8H2. The van der Waals surface area contributed by atoms with Crippen LogP contribution in [0.2, 0.25) is 5.02 Å². The Morgan fingerprint density at radius 3 is 2.82 bits per heavy atom. The minimum absolute atomic E-state index is 0.819. The highest BCUT2D eigenvalue weighted by Gasteiger charge is 2.38. The highest BCUT2D eigenvalue weighted by molar-refractivity contribution is 14.1. The molecule has 2 aliphatic rings. The molecule has 3 heteroatoms. The Labute approximate surface area is 121 Å². The summed E-state index contributed by atoms with van der Waals surface area (Å²) in [6, 6.07) is 6.08. The molecule has 2 fully saturated rings. The van der Waals surface area contributed by atoms with Gasteiger partial charge in [0, 0.05) is 20.8 Å². The molecule has 3 unspecified atom stereocenters. The number of fused-ring (bicyclic) bond motifs is 2. The van der Waals surface area contributed by atoms with E-state index in [1.54, 1.807) is 0 Å². The summed E-state index contributed by atoms with van der Waals surface area (Å²) in [4.78, 5) is 0. The molecule has 1 aromatic rings. The van der Waals surface area contributed by atoms with Crippen LogP contribution in [0.4, 0.5) is 5.69 Å². The minimum Gasteiger partial charge on any atom is -0.384 e. The van der Waals surface area contributed by atoms with Crippen LogP contribution in [0, 0.1) is 21.3 Å². The van der Waals surface area contributed by atoms with Crippen LogP contribution in [0.5, 0.6) is 0 Å². The molecule has 1 nitrogen and oxygen atoms in total. The molecular formula is C14H17ClIN. The van der Waals surface area contributed by atoms with Crippen molar-refractivity contribution in [1.82, 2.24) is 0 Å². The van der Waals surface area contributed by atoms with Gasteiger partial charge in [-0.15, -0.1) is 0 Å². The number of nitrogens with one attached hydrogen (secondary N) is 1. The van der Waals surface area contributed by atoms with E-state index in [4.69, 9.17) is 11.6 Å². The van der Waals surface area contributed by atoms with E-state index < -0.39 is 0 Å². The Balaban J connectivity index is 1.60. The second-order valence-electron chi connectivity index (χ2n) is 5.44. The molecular weight excluding hydrogens is 345 g/mol. The second kappa shape index (κ2) is 4.96. The zero-order valence-corrected chi connectivity index (χ0v) is 12.7. The number of rotatable bonds is 3. The third-order valence-electron chi connectivity index (χ3n) is 4.37. The van der Waals surface area contributed by atoms with Gasteiger partial charge in [0.2, 0.25) is 0 Å². The molecule has 1 aromatic carbocycles. The molecule has 1 N–H and O–H groups in total. The third-order valence-corrected chi connectivity index (χ3v) is 5.50. The Morgan fingerprint density at radius 1 is 1.29 bits per heavy atom. The average Bonchev–Trinajstić information content (AvgIpc) is 2.89. The van der Waals surface area contributed by atoms with Gasteiger partial charge in [-0.2, -0.15) is 0 Å². The first-order valence-corrected chi connectivity index (χ1v) is 7.87. The largest absolute Gasteiger partial charge is 0.384 e. The molecule has 0 spiro atoms. The summed E-state index contributed by atoms with van der Waals surface area (Å²) in [6.45, 7) is 1.14. The van der Waals surface area contributed by atoms with Crippen LogP contribution in [0.15, 0.2) is 18.2 Å². The summed E-state index contributed by atoms with van der Waals surface area (Å²) in [5.74, 6) is 2.94. The van der Waals surface area contributed by atoms with Crippen LogP contribution >= 0.6 is 34.2 Å². The van der Waals surface area contributed by atoms with Crippen molar-refractivity contribution in [3.05, 3.63) is 26.8 Å². The highest BCUT2D eigenvalue weighted by Crippen LogP contribution is 2.48. The first kappa shape index (κ1) is 12.1. The van der Waals surface area contributed by atoms with Gasteiger partial charge in [0.15, 0.2) is 0 Å². The summed E-state index contributed by atoms with van der Waals surface area (Å²) in [6.07, 6.45) is 5.89. The van der Waals surface area contributed by atoms with Gasteiger partial charge in [-0.05, 0) is 77.8 Å². The van der Waals surface area contributed by atoms with Crippen LogP contribution in [-0.4, -0.2) is 6.54 Å². The predicted octanol–water partition coefficient (Wildman–Crippen LogP) is 4.79. The lowest BCUT2D eigenvalue weighted by Crippen LogP contribution is -2.20. The van der Waals surface area contributed by atoms with Crippen molar-refractivity contribution in [2.45, 2.75) is 25.7 Å². The molecule has 2 saturated carbocycles. The fourth-order valence-corrected chi connectivity index (χ4v) is 4.56. The third kappa shape index (κ3) is 2.58. The van der Waals surface area contributed by atoms with Gasteiger partial charge < -0.3 is 5.32 Å². The van der Waals surface area contributed by atoms with Gasteiger partial charge in [-0.1, -0.05) is 18.0 Å². The van der Waals surface area contributed by atoms with E-state index in [9.17, 15) is 0 Å². The van der Waals surface area contributed by atoms with Crippen molar-refractivity contribution in [3.8, 4) is 0 Å². The average molecular weight is 362 g/mol. The van der Waals surface area contributed by atoms with Crippen molar-refractivity contribution in [2.75, 3.05) is 11.9 Å². The molecule has 0 radical (unpaired) electrons. The molecule has 92 valence electrons. The molecule has 0 amide bonds. The fraction of sp³-hybridized carbons (Fsp3) is 0.571. The molecule has 3 rings (SSSR count). The maximum Gasteiger partial charge on any atom is 0.0477 e. The summed E-state index contributed by atoms with van der Waals surface area (Å²) in [7, 11) is 0. The summed E-state index contributed by atoms with van der Waals surface area (Å²) >= 11 is 8.31. The molecule has 0 saturated heterocycles. The van der Waals surface area contributed by atoms with Crippen molar-refractivity contribution in [2.24, 2.45) is 17.8 Å². The van der Waals surface area contributed by atoms with Crippen LogP contribution in [-0.2, 0) is 0 Å². The van der Waals surface area contributed by atoms with Crippen LogP contribution in [0.3, 0.4) is 0 Å². The lowest BCUT2D eigenvalue weighted by atomic mass is 9.89. The molecule has 2 aliphatic carbocycles. The molecule has 0 aromatic heterocycles. The normalized spacial score (nSPS) is 30.8.